The van der Waals surface area contributed by atoms with Crippen molar-refractivity contribution >= 4 is 27.5 Å². The average molecular weight is 546 g/mol. The Hall–Kier alpha value is -3.27. The summed E-state index contributed by atoms with van der Waals surface area (Å²) >= 11 is 0. The van der Waals surface area contributed by atoms with Crippen molar-refractivity contribution in [2.75, 3.05) is 30.8 Å². The molecule has 0 spiro atoms. The number of carbonyl (C=O) groups is 2. The van der Waals surface area contributed by atoms with Gasteiger partial charge in [-0.3, -0.25) is 13.9 Å². The van der Waals surface area contributed by atoms with Gasteiger partial charge in [-0.05, 0) is 68.7 Å². The molecule has 2 aromatic carbocycles. The highest BCUT2D eigenvalue weighted by Gasteiger charge is 2.31. The molecule has 2 aromatic rings. The minimum Gasteiger partial charge on any atom is -0.497 e. The SMILES string of the molecule is CCOc1ccc(N(CC(=O)N(Cc2cccc(OC)c2)C(C)C(=O)NC2CCCCC2)S(C)(=O)=O)cc1. The van der Waals surface area contributed by atoms with Crippen molar-refractivity contribution in [3.8, 4) is 11.5 Å². The molecule has 0 aromatic heterocycles. The second-order valence-electron chi connectivity index (χ2n) is 9.59. The van der Waals surface area contributed by atoms with E-state index in [0.29, 0.717) is 23.8 Å². The molecule has 1 fully saturated rings. The zero-order valence-electron chi connectivity index (χ0n) is 22.7. The first-order valence-electron chi connectivity index (χ1n) is 13.1. The lowest BCUT2D eigenvalue weighted by atomic mass is 9.95. The number of benzene rings is 2. The highest BCUT2D eigenvalue weighted by atomic mass is 32.2. The predicted octanol–water partition coefficient (Wildman–Crippen LogP) is 3.73. The minimum atomic E-state index is -3.80. The molecule has 1 aliphatic carbocycles. The van der Waals surface area contributed by atoms with Crippen LogP contribution in [0.25, 0.3) is 0 Å². The van der Waals surface area contributed by atoms with Gasteiger partial charge in [-0.2, -0.15) is 0 Å². The van der Waals surface area contributed by atoms with Gasteiger partial charge in [0.05, 0.1) is 25.7 Å². The quantitative estimate of drug-likeness (QED) is 0.436. The van der Waals surface area contributed by atoms with E-state index in [-0.39, 0.29) is 18.5 Å². The van der Waals surface area contributed by atoms with Gasteiger partial charge >= 0.3 is 0 Å². The van der Waals surface area contributed by atoms with Gasteiger partial charge < -0.3 is 19.7 Å². The third-order valence-electron chi connectivity index (χ3n) is 6.72. The van der Waals surface area contributed by atoms with Gasteiger partial charge in [-0.25, -0.2) is 8.42 Å². The van der Waals surface area contributed by atoms with E-state index in [0.717, 1.165) is 48.2 Å². The lowest BCUT2D eigenvalue weighted by Crippen LogP contribution is -2.52. The summed E-state index contributed by atoms with van der Waals surface area (Å²) in [5, 5.41) is 3.09. The van der Waals surface area contributed by atoms with Crippen LogP contribution in [0.4, 0.5) is 5.69 Å². The number of nitrogens with one attached hydrogen (secondary N) is 1. The normalized spacial score (nSPS) is 14.8. The first-order valence-corrected chi connectivity index (χ1v) is 14.9. The van der Waals surface area contributed by atoms with Gasteiger partial charge in [-0.1, -0.05) is 31.4 Å². The Labute approximate surface area is 226 Å². The molecule has 9 nitrogen and oxygen atoms in total. The number of sulfonamides is 1. The van der Waals surface area contributed by atoms with Crippen molar-refractivity contribution in [2.45, 2.75) is 64.6 Å². The summed E-state index contributed by atoms with van der Waals surface area (Å²) in [4.78, 5) is 28.4. The van der Waals surface area contributed by atoms with Crippen LogP contribution in [0, 0.1) is 0 Å². The van der Waals surface area contributed by atoms with Crippen molar-refractivity contribution in [3.63, 3.8) is 0 Å². The number of hydrogen-bond donors (Lipinski definition) is 1. The third-order valence-corrected chi connectivity index (χ3v) is 7.86. The Morgan fingerprint density at radius 1 is 1.05 bits per heavy atom. The average Bonchev–Trinajstić information content (AvgIpc) is 2.90. The summed E-state index contributed by atoms with van der Waals surface area (Å²) in [7, 11) is -2.24. The largest absolute Gasteiger partial charge is 0.497 e. The van der Waals surface area contributed by atoms with Gasteiger partial charge in [0.1, 0.15) is 24.1 Å². The van der Waals surface area contributed by atoms with Crippen molar-refractivity contribution in [3.05, 3.63) is 54.1 Å². The summed E-state index contributed by atoms with van der Waals surface area (Å²) in [6.45, 7) is 3.69. The standard InChI is InChI=1S/C28H39N3O6S/c1-5-37-25-16-14-24(15-17-25)31(38(4,34)35)20-27(32)30(19-22-10-9-13-26(18-22)36-3)21(2)28(33)29-23-11-7-6-8-12-23/h9-10,13-18,21,23H,5-8,11-12,19-20H2,1-4H3,(H,29,33). The number of anilines is 1. The number of methoxy groups -OCH3 is 1. The van der Waals surface area contributed by atoms with E-state index in [2.05, 4.69) is 5.32 Å². The molecule has 0 heterocycles. The van der Waals surface area contributed by atoms with Crippen molar-refractivity contribution in [1.82, 2.24) is 10.2 Å². The van der Waals surface area contributed by atoms with Crippen LogP contribution in [0.3, 0.4) is 0 Å². The summed E-state index contributed by atoms with van der Waals surface area (Å²) < 4.78 is 37.3. The van der Waals surface area contributed by atoms with Crippen molar-refractivity contribution < 1.29 is 27.5 Å². The van der Waals surface area contributed by atoms with Gasteiger partial charge in [0.15, 0.2) is 0 Å². The zero-order valence-corrected chi connectivity index (χ0v) is 23.5. The van der Waals surface area contributed by atoms with Crippen molar-refractivity contribution in [2.24, 2.45) is 0 Å². The molecular weight excluding hydrogens is 506 g/mol. The Kier molecular flexibility index (Phi) is 10.4. The Bertz CT molecular complexity index is 1180. The summed E-state index contributed by atoms with van der Waals surface area (Å²) in [6.07, 6.45) is 6.19. The molecule has 1 unspecified atom stereocenters. The fourth-order valence-electron chi connectivity index (χ4n) is 4.61. The Morgan fingerprint density at radius 2 is 1.74 bits per heavy atom. The van der Waals surface area contributed by atoms with Crippen LogP contribution in [0.15, 0.2) is 48.5 Å². The second-order valence-corrected chi connectivity index (χ2v) is 11.5. The molecule has 0 bridgehead atoms. The maximum absolute atomic E-state index is 13.7. The van der Waals surface area contributed by atoms with Crippen LogP contribution in [-0.2, 0) is 26.2 Å². The van der Waals surface area contributed by atoms with Gasteiger partial charge in [0.2, 0.25) is 21.8 Å². The van der Waals surface area contributed by atoms with E-state index in [4.69, 9.17) is 9.47 Å². The fraction of sp³-hybridized carbons (Fsp3) is 0.500. The summed E-state index contributed by atoms with van der Waals surface area (Å²) in [5.74, 6) is 0.489. The molecule has 1 N–H and O–H groups in total. The smallest absolute Gasteiger partial charge is 0.244 e. The first kappa shape index (κ1) is 29.3. The van der Waals surface area contributed by atoms with Gasteiger partial charge in [-0.15, -0.1) is 0 Å². The molecule has 2 amide bonds. The van der Waals surface area contributed by atoms with Gasteiger partial charge in [0, 0.05) is 12.6 Å². The molecule has 3 rings (SSSR count). The molecule has 1 aliphatic rings. The lowest BCUT2D eigenvalue weighted by Gasteiger charge is -2.33. The fourth-order valence-corrected chi connectivity index (χ4v) is 5.46. The number of amides is 2. The molecule has 1 atom stereocenters. The molecule has 208 valence electrons. The number of ether oxygens (including phenoxy) is 2. The molecular formula is C28H39N3O6S. The second kappa shape index (κ2) is 13.5. The molecule has 0 saturated heterocycles. The number of carbonyl (C=O) groups excluding carboxylic acids is 2. The monoisotopic (exact) mass is 545 g/mol. The predicted molar refractivity (Wildman–Crippen MR) is 148 cm³/mol. The van der Waals surface area contributed by atoms with Crippen LogP contribution in [0.1, 0.15) is 51.5 Å². The summed E-state index contributed by atoms with van der Waals surface area (Å²) in [5.41, 5.74) is 1.10. The van der Waals surface area contributed by atoms with Crippen LogP contribution in [-0.4, -0.2) is 63.7 Å². The number of hydrogen-bond acceptors (Lipinski definition) is 6. The minimum absolute atomic E-state index is 0.0869. The number of rotatable bonds is 12. The van der Waals surface area contributed by atoms with E-state index >= 15 is 0 Å². The Morgan fingerprint density at radius 3 is 2.34 bits per heavy atom. The van der Waals surface area contributed by atoms with E-state index in [1.807, 2.05) is 19.1 Å². The lowest BCUT2D eigenvalue weighted by molar-refractivity contribution is -0.139. The van der Waals surface area contributed by atoms with Crippen molar-refractivity contribution in [1.29, 1.82) is 0 Å². The van der Waals surface area contributed by atoms with Crippen LogP contribution < -0.4 is 19.1 Å². The third kappa shape index (κ3) is 8.11. The number of nitrogens with zero attached hydrogens (tertiary/aromatic N) is 2. The molecule has 38 heavy (non-hydrogen) atoms. The van der Waals surface area contributed by atoms with Crippen LogP contribution in [0.5, 0.6) is 11.5 Å². The maximum Gasteiger partial charge on any atom is 0.244 e. The van der Waals surface area contributed by atoms with Crippen LogP contribution >= 0.6 is 0 Å². The highest BCUT2D eigenvalue weighted by molar-refractivity contribution is 7.92. The maximum atomic E-state index is 13.7. The first-order chi connectivity index (χ1) is 18.1. The van der Waals surface area contributed by atoms with E-state index < -0.39 is 28.5 Å². The van der Waals surface area contributed by atoms with E-state index in [9.17, 15) is 18.0 Å². The highest BCUT2D eigenvalue weighted by Crippen LogP contribution is 2.23. The molecule has 1 saturated carbocycles. The van der Waals surface area contributed by atoms with E-state index in [1.165, 1.54) is 4.90 Å². The molecule has 10 heteroatoms. The molecule has 0 radical (unpaired) electrons. The van der Waals surface area contributed by atoms with Gasteiger partial charge in [0.25, 0.3) is 0 Å². The summed E-state index contributed by atoms with van der Waals surface area (Å²) in [6, 6.07) is 13.1. The zero-order chi connectivity index (χ0) is 27.7. The molecule has 0 aliphatic heterocycles. The van der Waals surface area contributed by atoms with E-state index in [1.54, 1.807) is 50.4 Å². The Balaban J connectivity index is 1.87. The van der Waals surface area contributed by atoms with Crippen LogP contribution in [0.2, 0.25) is 0 Å². The topological polar surface area (TPSA) is 105 Å².